The van der Waals surface area contributed by atoms with E-state index in [1.165, 1.54) is 12.1 Å². The van der Waals surface area contributed by atoms with Crippen LogP contribution in [0.5, 0.6) is 5.75 Å². The van der Waals surface area contributed by atoms with Gasteiger partial charge in [0, 0.05) is 0 Å². The largest absolute Gasteiger partial charge is 0.508 e. The summed E-state index contributed by atoms with van der Waals surface area (Å²) in [6.07, 6.45) is 0.720. The zero-order valence-electron chi connectivity index (χ0n) is 21.7. The number of carbonyl (C=O) groups is 5. The quantitative estimate of drug-likeness (QED) is 0.162. The molecule has 0 aliphatic carbocycles. The number of aromatic hydroxyl groups is 1. The van der Waals surface area contributed by atoms with Crippen molar-refractivity contribution in [3.63, 3.8) is 0 Å². The molecule has 206 valence electrons. The standard InChI is InChI=1S/C25H39N5O7/c1-14(2)9-19(24(35)28-13-22(33)30-20(25(36)37)10-15(3)4)29-21(32)12-27-23(34)18(26)11-16-5-7-17(31)8-6-16/h5-8,14-15,18-20,31H,9-13,26H2,1-4H3,(H,27,34)(H,28,35)(H,29,32)(H,30,33)(H,36,37). The van der Waals surface area contributed by atoms with Gasteiger partial charge in [-0.3, -0.25) is 19.2 Å². The van der Waals surface area contributed by atoms with Crippen molar-refractivity contribution < 1.29 is 34.2 Å². The Labute approximate surface area is 216 Å². The molecule has 1 aromatic carbocycles. The van der Waals surface area contributed by atoms with Crippen LogP contribution in [0.15, 0.2) is 24.3 Å². The number of nitrogens with two attached hydrogens (primary N) is 1. The molecular weight excluding hydrogens is 482 g/mol. The molecule has 0 fully saturated rings. The number of carboxylic acids is 1. The monoisotopic (exact) mass is 521 g/mol. The first-order valence-corrected chi connectivity index (χ1v) is 12.2. The lowest BCUT2D eigenvalue weighted by molar-refractivity contribution is -0.142. The van der Waals surface area contributed by atoms with Gasteiger partial charge in [-0.05, 0) is 48.8 Å². The maximum absolute atomic E-state index is 12.6. The van der Waals surface area contributed by atoms with Crippen LogP contribution in [0.3, 0.4) is 0 Å². The van der Waals surface area contributed by atoms with Gasteiger partial charge in [0.1, 0.15) is 17.8 Å². The molecule has 0 saturated heterocycles. The molecule has 37 heavy (non-hydrogen) atoms. The normalized spacial score (nSPS) is 13.4. The molecule has 0 aliphatic rings. The second kappa shape index (κ2) is 15.4. The number of amides is 4. The van der Waals surface area contributed by atoms with Crippen molar-refractivity contribution >= 4 is 29.6 Å². The number of carbonyl (C=O) groups excluding carboxylic acids is 4. The van der Waals surface area contributed by atoms with Gasteiger partial charge in [0.15, 0.2) is 0 Å². The van der Waals surface area contributed by atoms with Crippen LogP contribution in [0.2, 0.25) is 0 Å². The minimum atomic E-state index is -1.16. The molecule has 0 aliphatic heterocycles. The summed E-state index contributed by atoms with van der Waals surface area (Å²) in [4.78, 5) is 60.8. The van der Waals surface area contributed by atoms with Crippen LogP contribution in [-0.2, 0) is 30.4 Å². The highest BCUT2D eigenvalue weighted by Gasteiger charge is 2.25. The van der Waals surface area contributed by atoms with Gasteiger partial charge in [0.25, 0.3) is 0 Å². The van der Waals surface area contributed by atoms with E-state index in [1.807, 2.05) is 27.7 Å². The van der Waals surface area contributed by atoms with E-state index in [1.54, 1.807) is 12.1 Å². The average Bonchev–Trinajstić information content (AvgIpc) is 2.80. The SMILES string of the molecule is CC(C)CC(NC(=O)CNC(=O)C(CC(C)C)NC(=O)CNC(=O)C(N)Cc1ccc(O)cc1)C(=O)O. The molecule has 0 saturated carbocycles. The van der Waals surface area contributed by atoms with Crippen LogP contribution >= 0.6 is 0 Å². The number of aliphatic carboxylic acids is 1. The van der Waals surface area contributed by atoms with E-state index in [0.717, 1.165) is 5.56 Å². The Kier molecular flexibility index (Phi) is 13.1. The van der Waals surface area contributed by atoms with E-state index < -0.39 is 60.8 Å². The fraction of sp³-hybridized carbons (Fsp3) is 0.560. The number of hydrogen-bond acceptors (Lipinski definition) is 7. The third kappa shape index (κ3) is 12.7. The van der Waals surface area contributed by atoms with Crippen molar-refractivity contribution in [2.45, 2.75) is 65.1 Å². The lowest BCUT2D eigenvalue weighted by atomic mass is 10.0. The van der Waals surface area contributed by atoms with Gasteiger partial charge in [-0.15, -0.1) is 0 Å². The van der Waals surface area contributed by atoms with Gasteiger partial charge >= 0.3 is 5.97 Å². The molecule has 3 atom stereocenters. The third-order valence-corrected chi connectivity index (χ3v) is 5.27. The summed E-state index contributed by atoms with van der Waals surface area (Å²) in [5.41, 5.74) is 6.63. The van der Waals surface area contributed by atoms with E-state index in [2.05, 4.69) is 21.3 Å². The minimum absolute atomic E-state index is 0.0284. The Morgan fingerprint density at radius 3 is 1.73 bits per heavy atom. The predicted molar refractivity (Wildman–Crippen MR) is 136 cm³/mol. The molecule has 8 N–H and O–H groups in total. The average molecular weight is 522 g/mol. The van der Waals surface area contributed by atoms with Crippen molar-refractivity contribution in [3.8, 4) is 5.75 Å². The smallest absolute Gasteiger partial charge is 0.326 e. The molecule has 0 heterocycles. The molecule has 12 nitrogen and oxygen atoms in total. The van der Waals surface area contributed by atoms with Gasteiger partial charge in [-0.1, -0.05) is 39.8 Å². The zero-order valence-corrected chi connectivity index (χ0v) is 21.7. The Bertz CT molecular complexity index is 934. The number of rotatable bonds is 15. The Morgan fingerprint density at radius 2 is 1.24 bits per heavy atom. The summed E-state index contributed by atoms with van der Waals surface area (Å²) in [7, 11) is 0. The molecule has 0 bridgehead atoms. The van der Waals surface area contributed by atoms with E-state index in [0.29, 0.717) is 0 Å². The number of nitrogens with one attached hydrogen (secondary N) is 4. The van der Waals surface area contributed by atoms with E-state index in [4.69, 9.17) is 5.73 Å². The summed E-state index contributed by atoms with van der Waals surface area (Å²) < 4.78 is 0. The van der Waals surface area contributed by atoms with E-state index >= 15 is 0 Å². The van der Waals surface area contributed by atoms with Crippen LogP contribution in [0.4, 0.5) is 0 Å². The number of phenols is 1. The van der Waals surface area contributed by atoms with Crippen LogP contribution in [0.25, 0.3) is 0 Å². The third-order valence-electron chi connectivity index (χ3n) is 5.27. The molecule has 12 heteroatoms. The highest BCUT2D eigenvalue weighted by Crippen LogP contribution is 2.11. The minimum Gasteiger partial charge on any atom is -0.508 e. The maximum atomic E-state index is 12.6. The molecule has 4 amide bonds. The Balaban J connectivity index is 2.58. The summed E-state index contributed by atoms with van der Waals surface area (Å²) in [6, 6.07) is 3.28. The van der Waals surface area contributed by atoms with E-state index in [-0.39, 0.29) is 36.8 Å². The predicted octanol–water partition coefficient (Wildman–Crippen LogP) is -0.359. The first-order valence-electron chi connectivity index (χ1n) is 12.2. The van der Waals surface area contributed by atoms with Crippen molar-refractivity contribution in [1.82, 2.24) is 21.3 Å². The summed E-state index contributed by atoms with van der Waals surface area (Å²) in [5, 5.41) is 28.4. The van der Waals surface area contributed by atoms with Crippen LogP contribution < -0.4 is 27.0 Å². The number of phenolic OH excluding ortho intramolecular Hbond substituents is 1. The molecule has 1 aromatic rings. The van der Waals surface area contributed by atoms with Crippen LogP contribution in [0, 0.1) is 11.8 Å². The van der Waals surface area contributed by atoms with Crippen molar-refractivity contribution in [2.24, 2.45) is 17.6 Å². The fourth-order valence-corrected chi connectivity index (χ4v) is 3.45. The zero-order chi connectivity index (χ0) is 28.1. The molecule has 0 aromatic heterocycles. The second-order valence-corrected chi connectivity index (χ2v) is 9.75. The van der Waals surface area contributed by atoms with Gasteiger partial charge in [-0.25, -0.2) is 4.79 Å². The van der Waals surface area contributed by atoms with Gasteiger partial charge < -0.3 is 37.2 Å². The maximum Gasteiger partial charge on any atom is 0.326 e. The molecule has 0 spiro atoms. The Hall–Kier alpha value is -3.67. The lowest BCUT2D eigenvalue weighted by Gasteiger charge is -2.21. The molecule has 3 unspecified atom stereocenters. The summed E-state index contributed by atoms with van der Waals surface area (Å²) >= 11 is 0. The molecule has 1 rings (SSSR count). The summed E-state index contributed by atoms with van der Waals surface area (Å²) in [6.45, 7) is 6.51. The van der Waals surface area contributed by atoms with E-state index in [9.17, 15) is 34.2 Å². The van der Waals surface area contributed by atoms with Crippen LogP contribution in [0.1, 0.15) is 46.1 Å². The first-order chi connectivity index (χ1) is 17.3. The highest BCUT2D eigenvalue weighted by molar-refractivity contribution is 5.93. The number of benzene rings is 1. The van der Waals surface area contributed by atoms with Crippen molar-refractivity contribution in [2.75, 3.05) is 13.1 Å². The topological polar surface area (TPSA) is 200 Å². The van der Waals surface area contributed by atoms with Crippen molar-refractivity contribution in [1.29, 1.82) is 0 Å². The van der Waals surface area contributed by atoms with Gasteiger partial charge in [0.05, 0.1) is 19.1 Å². The van der Waals surface area contributed by atoms with Gasteiger partial charge in [0.2, 0.25) is 23.6 Å². The first kappa shape index (κ1) is 31.4. The second-order valence-electron chi connectivity index (χ2n) is 9.75. The Morgan fingerprint density at radius 1 is 0.784 bits per heavy atom. The molecular formula is C25H39N5O7. The fourth-order valence-electron chi connectivity index (χ4n) is 3.45. The summed E-state index contributed by atoms with van der Waals surface area (Å²) in [5.74, 6) is -3.44. The number of hydrogen-bond donors (Lipinski definition) is 7. The lowest BCUT2D eigenvalue weighted by Crippen LogP contribution is -2.53. The van der Waals surface area contributed by atoms with Crippen molar-refractivity contribution in [3.05, 3.63) is 29.8 Å². The van der Waals surface area contributed by atoms with Crippen LogP contribution in [-0.4, -0.2) is 71.0 Å². The molecule has 0 radical (unpaired) electrons. The van der Waals surface area contributed by atoms with Gasteiger partial charge in [-0.2, -0.15) is 0 Å². The highest BCUT2D eigenvalue weighted by atomic mass is 16.4. The number of carboxylic acid groups (broad SMARTS) is 1.